The fourth-order valence-electron chi connectivity index (χ4n) is 2.80. The number of aromatic nitrogens is 2. The highest BCUT2D eigenvalue weighted by Crippen LogP contribution is 2.16. The Kier molecular flexibility index (Phi) is 5.45. The lowest BCUT2D eigenvalue weighted by Crippen LogP contribution is -2.24. The predicted molar refractivity (Wildman–Crippen MR) is 94.5 cm³/mol. The molecule has 132 valence electrons. The number of nitrogens with zero attached hydrogens (tertiary/aromatic N) is 2. The monoisotopic (exact) mass is 342 g/mol. The van der Waals surface area contributed by atoms with Gasteiger partial charge in [0.2, 0.25) is 5.91 Å². The van der Waals surface area contributed by atoms with E-state index in [9.17, 15) is 9.59 Å². The fraction of sp³-hybridized carbons (Fsp3) is 0.389. The molecule has 2 aromatic rings. The Morgan fingerprint density at radius 3 is 2.68 bits per heavy atom. The largest absolute Gasteiger partial charge is 0.376 e. The molecule has 1 fully saturated rings. The van der Waals surface area contributed by atoms with Crippen LogP contribution in [0.1, 0.15) is 36.5 Å². The van der Waals surface area contributed by atoms with Gasteiger partial charge >= 0.3 is 0 Å². The number of carbonyl (C=O) groups excluding carboxylic acids is 2. The molecule has 2 amide bonds. The molecule has 0 aliphatic carbocycles. The molecule has 0 spiro atoms. The minimum Gasteiger partial charge on any atom is -0.376 e. The summed E-state index contributed by atoms with van der Waals surface area (Å²) in [4.78, 5) is 23.3. The van der Waals surface area contributed by atoms with E-state index >= 15 is 0 Å². The van der Waals surface area contributed by atoms with E-state index in [4.69, 9.17) is 4.74 Å². The Morgan fingerprint density at radius 1 is 1.20 bits per heavy atom. The van der Waals surface area contributed by atoms with Crippen molar-refractivity contribution in [2.75, 3.05) is 17.2 Å². The summed E-state index contributed by atoms with van der Waals surface area (Å²) in [6.45, 7) is 2.95. The summed E-state index contributed by atoms with van der Waals surface area (Å²) in [6, 6.07) is 6.72. The topological polar surface area (TPSA) is 85.3 Å². The van der Waals surface area contributed by atoms with Crippen LogP contribution in [0.4, 0.5) is 11.4 Å². The summed E-state index contributed by atoms with van der Waals surface area (Å²) >= 11 is 0. The molecule has 1 atom stereocenters. The van der Waals surface area contributed by atoms with Gasteiger partial charge in [-0.1, -0.05) is 0 Å². The molecule has 25 heavy (non-hydrogen) atoms. The van der Waals surface area contributed by atoms with Gasteiger partial charge in [0.15, 0.2) is 0 Å². The first-order valence-electron chi connectivity index (χ1n) is 8.43. The zero-order valence-electron chi connectivity index (χ0n) is 14.2. The molecule has 0 radical (unpaired) electrons. The first-order valence-corrected chi connectivity index (χ1v) is 8.43. The third kappa shape index (κ3) is 4.90. The predicted octanol–water partition coefficient (Wildman–Crippen LogP) is 2.66. The lowest BCUT2D eigenvalue weighted by atomic mass is 10.1. The second-order valence-electron chi connectivity index (χ2n) is 6.15. The molecular weight excluding hydrogens is 320 g/mol. The molecule has 2 N–H and O–H groups in total. The van der Waals surface area contributed by atoms with E-state index in [0.717, 1.165) is 19.4 Å². The van der Waals surface area contributed by atoms with Crippen LogP contribution in [0.5, 0.6) is 0 Å². The molecule has 1 saturated heterocycles. The smallest absolute Gasteiger partial charge is 0.255 e. The molecule has 3 rings (SSSR count). The van der Waals surface area contributed by atoms with Crippen molar-refractivity contribution in [3.63, 3.8) is 0 Å². The maximum Gasteiger partial charge on any atom is 0.255 e. The number of hydrogen-bond donors (Lipinski definition) is 2. The zero-order chi connectivity index (χ0) is 17.6. The van der Waals surface area contributed by atoms with Crippen LogP contribution < -0.4 is 10.6 Å². The lowest BCUT2D eigenvalue weighted by molar-refractivity contribution is -0.114. The number of amides is 2. The molecule has 1 unspecified atom stereocenters. The van der Waals surface area contributed by atoms with Crippen molar-refractivity contribution < 1.29 is 14.3 Å². The van der Waals surface area contributed by atoms with Gasteiger partial charge in [-0.15, -0.1) is 0 Å². The van der Waals surface area contributed by atoms with Crippen LogP contribution in [0.3, 0.4) is 0 Å². The van der Waals surface area contributed by atoms with Crippen molar-refractivity contribution in [3.8, 4) is 0 Å². The summed E-state index contributed by atoms with van der Waals surface area (Å²) < 4.78 is 7.50. The minimum atomic E-state index is -0.220. The third-order valence-corrected chi connectivity index (χ3v) is 4.02. The van der Waals surface area contributed by atoms with Gasteiger partial charge in [0.1, 0.15) is 0 Å². The summed E-state index contributed by atoms with van der Waals surface area (Å²) in [5.74, 6) is -0.366. The van der Waals surface area contributed by atoms with E-state index < -0.39 is 0 Å². The molecule has 1 aliphatic rings. The number of carbonyl (C=O) groups is 2. The number of nitrogens with one attached hydrogen (secondary N) is 2. The number of rotatable bonds is 5. The second-order valence-corrected chi connectivity index (χ2v) is 6.15. The van der Waals surface area contributed by atoms with E-state index in [1.54, 1.807) is 35.1 Å². The standard InChI is InChI=1S/C18H22N4O3/c1-13(23)20-15-7-5-14(6-8-15)18(24)21-16-10-19-22(11-16)12-17-4-2-3-9-25-17/h5-8,10-11,17H,2-4,9,12H2,1H3,(H,20,23)(H,21,24). The van der Waals surface area contributed by atoms with Crippen molar-refractivity contribution >= 4 is 23.2 Å². The normalized spacial score (nSPS) is 17.1. The van der Waals surface area contributed by atoms with Gasteiger partial charge in [-0.3, -0.25) is 14.3 Å². The van der Waals surface area contributed by atoms with Gasteiger partial charge in [0.25, 0.3) is 5.91 Å². The molecule has 1 aliphatic heterocycles. The zero-order valence-corrected chi connectivity index (χ0v) is 14.2. The van der Waals surface area contributed by atoms with Gasteiger partial charge in [-0.2, -0.15) is 5.10 Å². The van der Waals surface area contributed by atoms with Crippen molar-refractivity contribution in [1.29, 1.82) is 0 Å². The van der Waals surface area contributed by atoms with Crippen LogP contribution in [0, 0.1) is 0 Å². The molecule has 2 heterocycles. The highest BCUT2D eigenvalue weighted by Gasteiger charge is 2.15. The van der Waals surface area contributed by atoms with Gasteiger partial charge in [0.05, 0.1) is 24.5 Å². The summed E-state index contributed by atoms with van der Waals surface area (Å²) in [5, 5.41) is 9.77. The molecule has 1 aromatic carbocycles. The average Bonchev–Trinajstić information content (AvgIpc) is 3.02. The number of anilines is 2. The van der Waals surface area contributed by atoms with Crippen LogP contribution in [0.2, 0.25) is 0 Å². The summed E-state index contributed by atoms with van der Waals surface area (Å²) in [7, 11) is 0. The van der Waals surface area contributed by atoms with Crippen LogP contribution in [-0.4, -0.2) is 34.3 Å². The van der Waals surface area contributed by atoms with Crippen LogP contribution in [-0.2, 0) is 16.1 Å². The first kappa shape index (κ1) is 17.2. The molecule has 0 bridgehead atoms. The first-order chi connectivity index (χ1) is 12.1. The van der Waals surface area contributed by atoms with E-state index in [-0.39, 0.29) is 17.9 Å². The van der Waals surface area contributed by atoms with E-state index in [1.165, 1.54) is 13.3 Å². The number of benzene rings is 1. The quantitative estimate of drug-likeness (QED) is 0.875. The molecule has 7 nitrogen and oxygen atoms in total. The van der Waals surface area contributed by atoms with Crippen LogP contribution >= 0.6 is 0 Å². The van der Waals surface area contributed by atoms with Gasteiger partial charge in [-0.25, -0.2) is 0 Å². The van der Waals surface area contributed by atoms with Gasteiger partial charge in [0, 0.05) is 31.0 Å². The van der Waals surface area contributed by atoms with Crippen molar-refractivity contribution in [2.24, 2.45) is 0 Å². The fourth-order valence-corrected chi connectivity index (χ4v) is 2.80. The third-order valence-electron chi connectivity index (χ3n) is 4.02. The Bertz CT molecular complexity index is 733. The minimum absolute atomic E-state index is 0.147. The van der Waals surface area contributed by atoms with Crippen LogP contribution in [0.15, 0.2) is 36.7 Å². The maximum absolute atomic E-state index is 12.3. The van der Waals surface area contributed by atoms with Crippen LogP contribution in [0.25, 0.3) is 0 Å². The van der Waals surface area contributed by atoms with E-state index in [0.29, 0.717) is 23.5 Å². The molecular formula is C18H22N4O3. The SMILES string of the molecule is CC(=O)Nc1ccc(C(=O)Nc2cnn(CC3CCCCO3)c2)cc1. The van der Waals surface area contributed by atoms with E-state index in [1.807, 2.05) is 6.20 Å². The number of hydrogen-bond acceptors (Lipinski definition) is 4. The van der Waals surface area contributed by atoms with Crippen molar-refractivity contribution in [2.45, 2.75) is 38.8 Å². The van der Waals surface area contributed by atoms with E-state index in [2.05, 4.69) is 15.7 Å². The Balaban J connectivity index is 1.56. The highest BCUT2D eigenvalue weighted by molar-refractivity contribution is 6.04. The summed E-state index contributed by atoms with van der Waals surface area (Å²) in [5.41, 5.74) is 1.81. The lowest BCUT2D eigenvalue weighted by Gasteiger charge is -2.22. The second kappa shape index (κ2) is 7.94. The Morgan fingerprint density at radius 2 is 2.00 bits per heavy atom. The highest BCUT2D eigenvalue weighted by atomic mass is 16.5. The Hall–Kier alpha value is -2.67. The molecule has 1 aromatic heterocycles. The molecule has 0 saturated carbocycles. The van der Waals surface area contributed by atoms with Crippen molar-refractivity contribution in [1.82, 2.24) is 9.78 Å². The number of ether oxygens (including phenoxy) is 1. The van der Waals surface area contributed by atoms with Gasteiger partial charge < -0.3 is 15.4 Å². The van der Waals surface area contributed by atoms with Crippen molar-refractivity contribution in [3.05, 3.63) is 42.2 Å². The summed E-state index contributed by atoms with van der Waals surface area (Å²) in [6.07, 6.45) is 6.98. The van der Waals surface area contributed by atoms with Gasteiger partial charge in [-0.05, 0) is 43.5 Å². The average molecular weight is 342 g/mol. The molecule has 7 heteroatoms. The Labute approximate surface area is 146 Å². The maximum atomic E-state index is 12.3.